The number of rotatable bonds is 4. The fourth-order valence-corrected chi connectivity index (χ4v) is 4.10. The maximum atomic E-state index is 12.6. The number of aliphatic hydroxyl groups excluding tert-OH is 1. The number of nitrogens with zero attached hydrogens (tertiary/aromatic N) is 2. The third kappa shape index (κ3) is 3.84. The minimum atomic E-state index is -0.274. The van der Waals surface area contributed by atoms with E-state index in [1.54, 1.807) is 16.2 Å². The minimum Gasteiger partial charge on any atom is -0.393 e. The summed E-state index contributed by atoms with van der Waals surface area (Å²) in [7, 11) is 1.82. The highest BCUT2D eigenvalue weighted by Gasteiger charge is 2.26. The quantitative estimate of drug-likeness (QED) is 0.919. The number of hydrogen-bond acceptors (Lipinski definition) is 4. The van der Waals surface area contributed by atoms with Gasteiger partial charge in [-0.3, -0.25) is 4.79 Å². The minimum absolute atomic E-state index is 0.00893. The molecule has 1 N–H and O–H groups in total. The molecule has 1 amide bonds. The van der Waals surface area contributed by atoms with E-state index in [1.807, 2.05) is 43.6 Å². The number of aryl methyl sites for hydroxylation is 1. The van der Waals surface area contributed by atoms with Crippen LogP contribution in [-0.2, 0) is 0 Å². The fraction of sp³-hybridized carbons (Fsp3) is 0.474. The van der Waals surface area contributed by atoms with E-state index in [0.717, 1.165) is 41.9 Å². The summed E-state index contributed by atoms with van der Waals surface area (Å²) in [5.74, 6) is 0.208. The molecule has 3 rings (SSSR count). The molecule has 0 radical (unpaired) electrons. The molecule has 1 fully saturated rings. The van der Waals surface area contributed by atoms with E-state index in [1.165, 1.54) is 0 Å². The van der Waals surface area contributed by atoms with Crippen molar-refractivity contribution >= 4 is 17.2 Å². The maximum Gasteiger partial charge on any atom is 0.253 e. The summed E-state index contributed by atoms with van der Waals surface area (Å²) in [6, 6.07) is 7.63. The lowest BCUT2D eigenvalue weighted by Crippen LogP contribution is -2.38. The predicted molar refractivity (Wildman–Crippen MR) is 97.2 cm³/mol. The largest absolute Gasteiger partial charge is 0.393 e. The molecule has 24 heavy (non-hydrogen) atoms. The number of amides is 1. The van der Waals surface area contributed by atoms with Crippen LogP contribution in [0.15, 0.2) is 29.6 Å². The molecule has 2 atom stereocenters. The number of aromatic nitrogens is 1. The van der Waals surface area contributed by atoms with Crippen LogP contribution in [0, 0.1) is 12.8 Å². The lowest BCUT2D eigenvalue weighted by molar-refractivity contribution is 0.0451. The molecule has 5 heteroatoms. The van der Waals surface area contributed by atoms with Crippen LogP contribution in [0.3, 0.4) is 0 Å². The molecule has 1 saturated carbocycles. The highest BCUT2D eigenvalue weighted by atomic mass is 32.1. The summed E-state index contributed by atoms with van der Waals surface area (Å²) in [6.45, 7) is 2.60. The average Bonchev–Trinajstić information content (AvgIpc) is 3.03. The standard InChI is InChI=1S/C19H24N2O2S/c1-13-12-24-18(20-13)14-7-9-15(10-8-14)19(23)21(2)11-16-5-3-4-6-17(16)22/h7-10,12,16-17,22H,3-6,11H2,1-2H3. The van der Waals surface area contributed by atoms with Crippen LogP contribution >= 0.6 is 11.3 Å². The van der Waals surface area contributed by atoms with E-state index < -0.39 is 0 Å². The second-order valence-electron chi connectivity index (χ2n) is 6.67. The van der Waals surface area contributed by atoms with Crippen LogP contribution < -0.4 is 0 Å². The zero-order valence-corrected chi connectivity index (χ0v) is 15.1. The lowest BCUT2D eigenvalue weighted by Gasteiger charge is -2.31. The van der Waals surface area contributed by atoms with Crippen LogP contribution in [0.25, 0.3) is 10.6 Å². The monoisotopic (exact) mass is 344 g/mol. The number of thiazole rings is 1. The van der Waals surface area contributed by atoms with Crippen LogP contribution in [0.5, 0.6) is 0 Å². The molecule has 1 aromatic carbocycles. The van der Waals surface area contributed by atoms with Gasteiger partial charge in [0.05, 0.1) is 6.10 Å². The van der Waals surface area contributed by atoms with Crippen molar-refractivity contribution in [3.05, 3.63) is 40.9 Å². The van der Waals surface area contributed by atoms with Crippen molar-refractivity contribution in [3.63, 3.8) is 0 Å². The highest BCUT2D eigenvalue weighted by Crippen LogP contribution is 2.26. The molecule has 0 aliphatic heterocycles. The molecule has 2 aromatic rings. The van der Waals surface area contributed by atoms with Crippen LogP contribution in [0.4, 0.5) is 0 Å². The van der Waals surface area contributed by atoms with Gasteiger partial charge in [0, 0.05) is 41.7 Å². The Morgan fingerprint density at radius 3 is 2.62 bits per heavy atom. The molecule has 128 valence electrons. The van der Waals surface area contributed by atoms with Gasteiger partial charge in [-0.15, -0.1) is 11.3 Å². The third-order valence-electron chi connectivity index (χ3n) is 4.72. The highest BCUT2D eigenvalue weighted by molar-refractivity contribution is 7.13. The third-order valence-corrected chi connectivity index (χ3v) is 5.73. The molecule has 1 heterocycles. The van der Waals surface area contributed by atoms with E-state index in [-0.39, 0.29) is 17.9 Å². The van der Waals surface area contributed by atoms with Gasteiger partial charge >= 0.3 is 0 Å². The Hall–Kier alpha value is -1.72. The molecule has 4 nitrogen and oxygen atoms in total. The number of hydrogen-bond donors (Lipinski definition) is 1. The van der Waals surface area contributed by atoms with Crippen molar-refractivity contribution in [2.24, 2.45) is 5.92 Å². The van der Waals surface area contributed by atoms with E-state index in [0.29, 0.717) is 12.1 Å². The SMILES string of the molecule is Cc1csc(-c2ccc(C(=O)N(C)CC3CCCCC3O)cc2)n1. The molecular weight excluding hydrogens is 320 g/mol. The summed E-state index contributed by atoms with van der Waals surface area (Å²) in [4.78, 5) is 18.8. The number of benzene rings is 1. The van der Waals surface area contributed by atoms with Gasteiger partial charge in [-0.25, -0.2) is 4.98 Å². The lowest BCUT2D eigenvalue weighted by atomic mass is 9.86. The van der Waals surface area contributed by atoms with Crippen molar-refractivity contribution in [2.45, 2.75) is 38.7 Å². The molecule has 1 aromatic heterocycles. The number of carbonyl (C=O) groups excluding carboxylic acids is 1. The zero-order chi connectivity index (χ0) is 17.1. The summed E-state index contributed by atoms with van der Waals surface area (Å²) < 4.78 is 0. The van der Waals surface area contributed by atoms with Gasteiger partial charge < -0.3 is 10.0 Å². The Morgan fingerprint density at radius 1 is 1.29 bits per heavy atom. The molecule has 0 spiro atoms. The second kappa shape index (κ2) is 7.45. The van der Waals surface area contributed by atoms with Crippen molar-refractivity contribution in [3.8, 4) is 10.6 Å². The van der Waals surface area contributed by atoms with Gasteiger partial charge in [-0.05, 0) is 31.9 Å². The number of aliphatic hydroxyl groups is 1. The predicted octanol–water partition coefficient (Wildman–Crippen LogP) is 3.74. The first kappa shape index (κ1) is 17.1. The Kier molecular flexibility index (Phi) is 5.31. The van der Waals surface area contributed by atoms with E-state index in [2.05, 4.69) is 4.98 Å². The van der Waals surface area contributed by atoms with Crippen molar-refractivity contribution in [2.75, 3.05) is 13.6 Å². The first-order valence-corrected chi connectivity index (χ1v) is 9.38. The molecule has 0 saturated heterocycles. The smallest absolute Gasteiger partial charge is 0.253 e. The van der Waals surface area contributed by atoms with Crippen LogP contribution in [-0.4, -0.2) is 40.6 Å². The summed E-state index contributed by atoms with van der Waals surface area (Å²) in [5.41, 5.74) is 2.73. The Morgan fingerprint density at radius 2 is 2.00 bits per heavy atom. The van der Waals surface area contributed by atoms with Crippen molar-refractivity contribution < 1.29 is 9.90 Å². The van der Waals surface area contributed by atoms with E-state index >= 15 is 0 Å². The number of carbonyl (C=O) groups is 1. The molecular formula is C19H24N2O2S. The molecule has 0 bridgehead atoms. The Labute approximate surface area is 147 Å². The van der Waals surface area contributed by atoms with Gasteiger partial charge in [0.15, 0.2) is 0 Å². The molecule has 2 unspecified atom stereocenters. The van der Waals surface area contributed by atoms with Gasteiger partial charge in [-0.1, -0.05) is 25.0 Å². The second-order valence-corrected chi connectivity index (χ2v) is 7.53. The fourth-order valence-electron chi connectivity index (χ4n) is 3.30. The van der Waals surface area contributed by atoms with Crippen LogP contribution in [0.2, 0.25) is 0 Å². The summed E-state index contributed by atoms with van der Waals surface area (Å²) >= 11 is 1.61. The van der Waals surface area contributed by atoms with Crippen molar-refractivity contribution in [1.82, 2.24) is 9.88 Å². The summed E-state index contributed by atoms with van der Waals surface area (Å²) in [6.07, 6.45) is 3.82. The topological polar surface area (TPSA) is 53.4 Å². The Balaban J connectivity index is 1.65. The van der Waals surface area contributed by atoms with Gasteiger partial charge in [0.1, 0.15) is 5.01 Å². The zero-order valence-electron chi connectivity index (χ0n) is 14.2. The van der Waals surface area contributed by atoms with Crippen LogP contribution in [0.1, 0.15) is 41.7 Å². The van der Waals surface area contributed by atoms with E-state index in [4.69, 9.17) is 0 Å². The van der Waals surface area contributed by atoms with Gasteiger partial charge in [-0.2, -0.15) is 0 Å². The average molecular weight is 344 g/mol. The molecule has 1 aliphatic rings. The summed E-state index contributed by atoms with van der Waals surface area (Å²) in [5, 5.41) is 13.1. The van der Waals surface area contributed by atoms with E-state index in [9.17, 15) is 9.90 Å². The Bertz CT molecular complexity index is 696. The first-order chi connectivity index (χ1) is 11.5. The molecule has 1 aliphatic carbocycles. The normalized spacial score (nSPS) is 20.8. The van der Waals surface area contributed by atoms with Crippen molar-refractivity contribution in [1.29, 1.82) is 0 Å². The van der Waals surface area contributed by atoms with Gasteiger partial charge in [0.2, 0.25) is 0 Å². The maximum absolute atomic E-state index is 12.6. The first-order valence-electron chi connectivity index (χ1n) is 8.50. The van der Waals surface area contributed by atoms with Gasteiger partial charge in [0.25, 0.3) is 5.91 Å².